The Morgan fingerprint density at radius 2 is 1.71 bits per heavy atom. The number of fused-ring (bicyclic) bond motifs is 1. The number of rotatable bonds is 7. The maximum absolute atomic E-state index is 10.7. The summed E-state index contributed by atoms with van der Waals surface area (Å²) in [5, 5.41) is 39.8. The molecule has 1 fully saturated rings. The molecule has 212 valence electrons. The molecule has 2 aromatic carbocycles. The number of anilines is 1. The second-order valence-electron chi connectivity index (χ2n) is 9.24. The highest BCUT2D eigenvalue weighted by atomic mass is 35.5. The van der Waals surface area contributed by atoms with Gasteiger partial charge in [0.15, 0.2) is 29.0 Å². The van der Waals surface area contributed by atoms with Gasteiger partial charge in [-0.3, -0.25) is 9.36 Å². The Labute approximate surface area is 238 Å². The lowest BCUT2D eigenvalue weighted by molar-refractivity contribution is -0.134. The summed E-state index contributed by atoms with van der Waals surface area (Å²) in [7, 11) is 0. The molecule has 0 aliphatic carbocycles. The fraction of sp³-hybridized carbons (Fsp3) is 0.259. The minimum absolute atomic E-state index is 0.00698. The van der Waals surface area contributed by atoms with E-state index in [0.29, 0.717) is 29.4 Å². The first-order valence-electron chi connectivity index (χ1n) is 12.6. The highest BCUT2D eigenvalue weighted by Crippen LogP contribution is 2.39. The standard InChI is InChI=1S/C25H23ClN8O3.C2H4O2/c26-25-31-21(27-11-16(14-7-3-1-4-8-14)15-9-5-2-6-10-15)17-23(32-25)34(13-29-17)24-19(36)18(35)20(37-24)22-28-12-30-33-22;1-2(3)4/h1-10,12-13,16,18-20,24,35-36H,11H2,(H,27,31,32)(H,28,30,33);1H3,(H,3,4)/t18-,19+,20-,24+;/m0./s1. The third-order valence-corrected chi connectivity index (χ3v) is 6.66. The van der Waals surface area contributed by atoms with Gasteiger partial charge in [0.2, 0.25) is 5.28 Å². The molecule has 0 saturated carbocycles. The number of hydrogen-bond donors (Lipinski definition) is 5. The third kappa shape index (κ3) is 6.18. The molecule has 4 atom stereocenters. The van der Waals surface area contributed by atoms with Crippen molar-refractivity contribution in [2.24, 2.45) is 0 Å². The zero-order valence-electron chi connectivity index (χ0n) is 21.7. The summed E-state index contributed by atoms with van der Waals surface area (Å²) in [5.74, 6) is -0.0298. The second-order valence-corrected chi connectivity index (χ2v) is 9.58. The van der Waals surface area contributed by atoms with E-state index in [1.54, 1.807) is 0 Å². The first-order chi connectivity index (χ1) is 19.8. The highest BCUT2D eigenvalue weighted by molar-refractivity contribution is 6.28. The molecule has 1 saturated heterocycles. The normalized spacial score (nSPS) is 20.1. The number of ether oxygens (including phenoxy) is 1. The van der Waals surface area contributed by atoms with Gasteiger partial charge in [-0.25, -0.2) is 4.98 Å². The van der Waals surface area contributed by atoms with Crippen molar-refractivity contribution in [3.63, 3.8) is 0 Å². The summed E-state index contributed by atoms with van der Waals surface area (Å²) in [4.78, 5) is 25.0. The van der Waals surface area contributed by atoms with Crippen molar-refractivity contribution >= 4 is 34.6 Å². The van der Waals surface area contributed by atoms with Crippen molar-refractivity contribution in [1.82, 2.24) is 34.7 Å². The fourth-order valence-corrected chi connectivity index (χ4v) is 4.83. The molecule has 0 spiro atoms. The number of aromatic amines is 1. The number of H-pyrrole nitrogens is 1. The average Bonchev–Trinajstić information content (AvgIpc) is 3.70. The van der Waals surface area contributed by atoms with Crippen molar-refractivity contribution in [2.45, 2.75) is 37.4 Å². The highest BCUT2D eigenvalue weighted by Gasteiger charge is 2.46. The molecule has 13 nitrogen and oxygen atoms in total. The molecule has 1 aliphatic rings. The average molecular weight is 579 g/mol. The number of carboxylic acids is 1. The molecule has 4 heterocycles. The van der Waals surface area contributed by atoms with Gasteiger partial charge >= 0.3 is 0 Å². The van der Waals surface area contributed by atoms with Crippen LogP contribution in [0, 0.1) is 0 Å². The molecule has 0 bridgehead atoms. The van der Waals surface area contributed by atoms with E-state index < -0.39 is 30.5 Å². The van der Waals surface area contributed by atoms with E-state index in [9.17, 15) is 10.2 Å². The Bertz CT molecular complexity index is 1540. The number of halogens is 1. The number of carboxylic acid groups (broad SMARTS) is 1. The summed E-state index contributed by atoms with van der Waals surface area (Å²) in [5.41, 5.74) is 3.11. The van der Waals surface area contributed by atoms with Crippen LogP contribution < -0.4 is 5.32 Å². The van der Waals surface area contributed by atoms with E-state index in [2.05, 4.69) is 59.7 Å². The first kappa shape index (κ1) is 28.1. The topological polar surface area (TPSA) is 184 Å². The van der Waals surface area contributed by atoms with Crippen molar-refractivity contribution in [3.05, 3.63) is 95.6 Å². The van der Waals surface area contributed by atoms with Crippen molar-refractivity contribution in [2.75, 3.05) is 11.9 Å². The summed E-state index contributed by atoms with van der Waals surface area (Å²) in [6, 6.07) is 20.4. The van der Waals surface area contributed by atoms with Gasteiger partial charge in [-0.15, -0.1) is 10.2 Å². The molecule has 41 heavy (non-hydrogen) atoms. The van der Waals surface area contributed by atoms with Crippen molar-refractivity contribution in [1.29, 1.82) is 0 Å². The zero-order chi connectivity index (χ0) is 28.9. The summed E-state index contributed by atoms with van der Waals surface area (Å²) >= 11 is 6.30. The number of hydrogen-bond acceptors (Lipinski definition) is 10. The van der Waals surface area contributed by atoms with Crippen LogP contribution in [-0.4, -0.2) is 74.7 Å². The lowest BCUT2D eigenvalue weighted by atomic mass is 9.91. The molecule has 3 aromatic heterocycles. The lowest BCUT2D eigenvalue weighted by Crippen LogP contribution is -2.29. The number of nitrogens with one attached hydrogen (secondary N) is 2. The van der Waals surface area contributed by atoms with E-state index in [0.717, 1.165) is 18.1 Å². The first-order valence-corrected chi connectivity index (χ1v) is 13.0. The van der Waals surface area contributed by atoms with E-state index >= 15 is 0 Å². The smallest absolute Gasteiger partial charge is 0.300 e. The maximum atomic E-state index is 10.7. The van der Waals surface area contributed by atoms with Gasteiger partial charge in [-0.1, -0.05) is 60.7 Å². The predicted octanol–water partition coefficient (Wildman–Crippen LogP) is 2.92. The van der Waals surface area contributed by atoms with Gasteiger partial charge in [0.25, 0.3) is 5.97 Å². The third-order valence-electron chi connectivity index (χ3n) is 6.49. The number of aromatic nitrogens is 7. The molecule has 0 radical (unpaired) electrons. The summed E-state index contributed by atoms with van der Waals surface area (Å²) < 4.78 is 7.47. The molecular weight excluding hydrogens is 552 g/mol. The minimum Gasteiger partial charge on any atom is -0.481 e. The number of aliphatic hydroxyl groups is 2. The molecule has 5 N–H and O–H groups in total. The van der Waals surface area contributed by atoms with Crippen LogP contribution in [0.15, 0.2) is 73.3 Å². The van der Waals surface area contributed by atoms with Crippen LogP contribution in [0.1, 0.15) is 42.1 Å². The molecular formula is C27H27ClN8O5. The number of carbonyl (C=O) groups is 1. The van der Waals surface area contributed by atoms with Crippen molar-refractivity contribution in [3.8, 4) is 0 Å². The Kier molecular flexibility index (Phi) is 8.50. The monoisotopic (exact) mass is 578 g/mol. The molecule has 0 unspecified atom stereocenters. The zero-order valence-corrected chi connectivity index (χ0v) is 22.5. The number of aliphatic carboxylic acids is 1. The van der Waals surface area contributed by atoms with Gasteiger partial charge in [0.1, 0.15) is 24.6 Å². The van der Waals surface area contributed by atoms with Crippen LogP contribution >= 0.6 is 11.6 Å². The summed E-state index contributed by atoms with van der Waals surface area (Å²) in [6.07, 6.45) is -1.51. The molecule has 1 aliphatic heterocycles. The fourth-order valence-electron chi connectivity index (χ4n) is 4.67. The van der Waals surface area contributed by atoms with Crippen molar-refractivity contribution < 1.29 is 24.9 Å². The number of imidazole rings is 1. The van der Waals surface area contributed by atoms with E-state index in [-0.39, 0.29) is 11.2 Å². The Morgan fingerprint density at radius 1 is 1.07 bits per heavy atom. The van der Waals surface area contributed by atoms with Gasteiger partial charge in [0, 0.05) is 19.4 Å². The Balaban J connectivity index is 0.000000794. The second kappa shape index (κ2) is 12.4. The Hall–Kier alpha value is -4.43. The number of aliphatic hydroxyl groups excluding tert-OH is 2. The van der Waals surface area contributed by atoms with E-state index in [4.69, 9.17) is 26.2 Å². The predicted molar refractivity (Wildman–Crippen MR) is 148 cm³/mol. The number of benzene rings is 2. The van der Waals surface area contributed by atoms with Crippen LogP contribution in [0.3, 0.4) is 0 Å². The lowest BCUT2D eigenvalue weighted by Gasteiger charge is -2.19. The van der Waals surface area contributed by atoms with Gasteiger partial charge in [-0.05, 0) is 22.7 Å². The summed E-state index contributed by atoms with van der Waals surface area (Å²) in [6.45, 7) is 1.61. The maximum Gasteiger partial charge on any atom is 0.300 e. The van der Waals surface area contributed by atoms with E-state index in [1.165, 1.54) is 17.2 Å². The van der Waals surface area contributed by atoms with Crippen LogP contribution in [0.4, 0.5) is 5.82 Å². The number of nitrogens with zero attached hydrogens (tertiary/aromatic N) is 6. The molecule has 6 rings (SSSR count). The quantitative estimate of drug-likeness (QED) is 0.179. The molecule has 0 amide bonds. The van der Waals surface area contributed by atoms with E-state index in [1.807, 2.05) is 36.4 Å². The SMILES string of the molecule is CC(=O)O.O[C@@H]1[C@H](O)[C@@H](c2nnc[nH]2)O[C@H]1n1cnc2c(NCC(c3ccccc3)c3ccccc3)nc(Cl)nc21. The molecule has 5 aromatic rings. The van der Waals surface area contributed by atoms with Gasteiger partial charge in [-0.2, -0.15) is 9.97 Å². The van der Waals surface area contributed by atoms with Gasteiger partial charge < -0.3 is 30.4 Å². The van der Waals surface area contributed by atoms with Crippen LogP contribution in [0.2, 0.25) is 5.28 Å². The minimum atomic E-state index is -1.27. The van der Waals surface area contributed by atoms with Gasteiger partial charge in [0.05, 0.1) is 6.33 Å². The molecule has 14 heteroatoms. The Morgan fingerprint density at radius 3 is 2.29 bits per heavy atom. The van der Waals surface area contributed by atoms with Crippen LogP contribution in [0.25, 0.3) is 11.2 Å². The van der Waals surface area contributed by atoms with Crippen LogP contribution in [0.5, 0.6) is 0 Å². The largest absolute Gasteiger partial charge is 0.481 e. The van der Waals surface area contributed by atoms with Crippen LogP contribution in [-0.2, 0) is 9.53 Å².